The van der Waals surface area contributed by atoms with Gasteiger partial charge in [0.15, 0.2) is 5.69 Å². The van der Waals surface area contributed by atoms with Crippen LogP contribution in [0.5, 0.6) is 0 Å². The Balaban J connectivity index is 1.53. The number of aromatic nitrogens is 2. The fraction of sp³-hybridized carbons (Fsp3) is 0.750. The molecule has 0 unspecified atom stereocenters. The molecule has 4 fully saturated rings. The molecule has 0 aromatic carbocycles. The monoisotopic (exact) mass is 351 g/mol. The molecule has 114 valence electrons. The van der Waals surface area contributed by atoms with Crippen molar-refractivity contribution in [3.63, 3.8) is 0 Å². The molecule has 1 amide bonds. The summed E-state index contributed by atoms with van der Waals surface area (Å²) in [7, 11) is 1.87. The standard InChI is InChI=1S/C16H22BrN3O/c1-8-13(17)15(19-20(8)2)16(21)18-14-11-4-9-3-10(6-11)7-12(14)5-9/h9-12,14H,3-7H2,1-2H3,(H,18,21). The Kier molecular flexibility index (Phi) is 3.18. The predicted molar refractivity (Wildman–Crippen MR) is 83.9 cm³/mol. The molecule has 1 aromatic heterocycles. The van der Waals surface area contributed by atoms with E-state index in [0.717, 1.165) is 22.0 Å². The largest absolute Gasteiger partial charge is 0.347 e. The zero-order valence-electron chi connectivity index (χ0n) is 12.6. The van der Waals surface area contributed by atoms with Gasteiger partial charge in [-0.05, 0) is 78.6 Å². The number of carbonyl (C=O) groups is 1. The average Bonchev–Trinajstić information content (AvgIpc) is 2.69. The molecular weight excluding hydrogens is 330 g/mol. The maximum Gasteiger partial charge on any atom is 0.273 e. The Morgan fingerprint density at radius 2 is 1.76 bits per heavy atom. The van der Waals surface area contributed by atoms with Crippen molar-refractivity contribution in [1.29, 1.82) is 0 Å². The number of aryl methyl sites for hydroxylation is 1. The van der Waals surface area contributed by atoms with E-state index >= 15 is 0 Å². The summed E-state index contributed by atoms with van der Waals surface area (Å²) < 4.78 is 2.59. The maximum atomic E-state index is 12.6. The second kappa shape index (κ2) is 4.83. The van der Waals surface area contributed by atoms with Gasteiger partial charge in [-0.2, -0.15) is 5.10 Å². The van der Waals surface area contributed by atoms with E-state index in [0.29, 0.717) is 23.6 Å². The Hall–Kier alpha value is -0.840. The van der Waals surface area contributed by atoms with Crippen LogP contribution in [0.2, 0.25) is 0 Å². The van der Waals surface area contributed by atoms with Crippen molar-refractivity contribution in [2.24, 2.45) is 30.7 Å². The highest BCUT2D eigenvalue weighted by atomic mass is 79.9. The fourth-order valence-corrected chi connectivity index (χ4v) is 5.62. The molecule has 0 radical (unpaired) electrons. The molecule has 21 heavy (non-hydrogen) atoms. The smallest absolute Gasteiger partial charge is 0.273 e. The van der Waals surface area contributed by atoms with Gasteiger partial charge in [-0.1, -0.05) is 0 Å². The number of rotatable bonds is 2. The van der Waals surface area contributed by atoms with Gasteiger partial charge in [-0.3, -0.25) is 9.48 Å². The number of hydrogen-bond acceptors (Lipinski definition) is 2. The van der Waals surface area contributed by atoms with Crippen LogP contribution in [-0.2, 0) is 7.05 Å². The molecule has 1 heterocycles. The van der Waals surface area contributed by atoms with Crippen molar-refractivity contribution in [1.82, 2.24) is 15.1 Å². The third kappa shape index (κ3) is 2.16. The van der Waals surface area contributed by atoms with Gasteiger partial charge >= 0.3 is 0 Å². The minimum atomic E-state index is -0.0111. The van der Waals surface area contributed by atoms with Crippen molar-refractivity contribution in [3.8, 4) is 0 Å². The topological polar surface area (TPSA) is 46.9 Å². The molecule has 0 atom stereocenters. The molecule has 5 heteroatoms. The van der Waals surface area contributed by atoms with Crippen molar-refractivity contribution < 1.29 is 4.79 Å². The Morgan fingerprint density at radius 1 is 1.19 bits per heavy atom. The van der Waals surface area contributed by atoms with E-state index in [1.807, 2.05) is 14.0 Å². The molecular formula is C16H22BrN3O. The first kappa shape index (κ1) is 13.8. The third-order valence-corrected chi connectivity index (χ3v) is 6.95. The predicted octanol–water partition coefficient (Wildman–Crippen LogP) is 3.05. The summed E-state index contributed by atoms with van der Waals surface area (Å²) in [4.78, 5) is 12.6. The van der Waals surface area contributed by atoms with Crippen LogP contribution < -0.4 is 5.32 Å². The van der Waals surface area contributed by atoms with E-state index < -0.39 is 0 Å². The summed E-state index contributed by atoms with van der Waals surface area (Å²) in [5, 5.41) is 7.67. The van der Waals surface area contributed by atoms with Gasteiger partial charge in [0.2, 0.25) is 0 Å². The lowest BCUT2D eigenvalue weighted by Crippen LogP contribution is -2.55. The van der Waals surface area contributed by atoms with Crippen LogP contribution in [-0.4, -0.2) is 21.7 Å². The maximum absolute atomic E-state index is 12.6. The van der Waals surface area contributed by atoms with Crippen LogP contribution in [0.3, 0.4) is 0 Å². The molecule has 4 aliphatic carbocycles. The third-order valence-electron chi connectivity index (χ3n) is 6.00. The van der Waals surface area contributed by atoms with Crippen LogP contribution in [0.4, 0.5) is 0 Å². The quantitative estimate of drug-likeness (QED) is 0.889. The van der Waals surface area contributed by atoms with E-state index in [9.17, 15) is 4.79 Å². The number of halogens is 1. The minimum Gasteiger partial charge on any atom is -0.347 e. The van der Waals surface area contributed by atoms with Gasteiger partial charge in [-0.25, -0.2) is 0 Å². The van der Waals surface area contributed by atoms with Crippen LogP contribution in [0.15, 0.2) is 4.47 Å². The first-order valence-corrected chi connectivity index (χ1v) is 8.82. The summed E-state index contributed by atoms with van der Waals surface area (Å²) in [5.41, 5.74) is 1.52. The molecule has 0 saturated heterocycles. The van der Waals surface area contributed by atoms with Gasteiger partial charge in [0.05, 0.1) is 10.2 Å². The summed E-state index contributed by atoms with van der Waals surface area (Å²) in [6.45, 7) is 1.97. The highest BCUT2D eigenvalue weighted by Crippen LogP contribution is 2.53. The van der Waals surface area contributed by atoms with Crippen molar-refractivity contribution in [2.45, 2.75) is 45.1 Å². The first-order chi connectivity index (χ1) is 10.0. The lowest BCUT2D eigenvalue weighted by molar-refractivity contribution is -0.0120. The number of amides is 1. The molecule has 0 aliphatic heterocycles. The van der Waals surface area contributed by atoms with E-state index in [4.69, 9.17) is 0 Å². The molecule has 0 spiro atoms. The van der Waals surface area contributed by atoms with Crippen LogP contribution in [0.1, 0.15) is 48.3 Å². The molecule has 4 saturated carbocycles. The zero-order valence-corrected chi connectivity index (χ0v) is 14.2. The Morgan fingerprint density at radius 3 is 2.24 bits per heavy atom. The lowest BCUT2D eigenvalue weighted by Gasteiger charge is -2.54. The SMILES string of the molecule is Cc1c(Br)c(C(=O)NC2C3CC4CC(C3)CC2C4)nn1C. The van der Waals surface area contributed by atoms with Crippen LogP contribution in [0.25, 0.3) is 0 Å². The van der Waals surface area contributed by atoms with E-state index in [2.05, 4.69) is 26.3 Å². The second-order valence-electron chi connectivity index (χ2n) is 7.30. The fourth-order valence-electron chi connectivity index (χ4n) is 5.11. The highest BCUT2D eigenvalue weighted by molar-refractivity contribution is 9.10. The molecule has 5 rings (SSSR count). The van der Waals surface area contributed by atoms with Crippen LogP contribution >= 0.6 is 15.9 Å². The number of carbonyl (C=O) groups excluding carboxylic acids is 1. The summed E-state index contributed by atoms with van der Waals surface area (Å²) >= 11 is 3.50. The highest BCUT2D eigenvalue weighted by Gasteiger charge is 2.48. The van der Waals surface area contributed by atoms with E-state index in [-0.39, 0.29) is 5.91 Å². The number of nitrogens with zero attached hydrogens (tertiary/aromatic N) is 2. The van der Waals surface area contributed by atoms with E-state index in [1.54, 1.807) is 4.68 Å². The van der Waals surface area contributed by atoms with Crippen molar-refractivity contribution in [2.75, 3.05) is 0 Å². The Labute approximate surface area is 133 Å². The molecule has 4 aliphatic rings. The lowest BCUT2D eigenvalue weighted by atomic mass is 9.54. The second-order valence-corrected chi connectivity index (χ2v) is 8.09. The van der Waals surface area contributed by atoms with Gasteiger partial charge < -0.3 is 5.32 Å². The number of hydrogen-bond donors (Lipinski definition) is 1. The van der Waals surface area contributed by atoms with Gasteiger partial charge in [0.1, 0.15) is 0 Å². The van der Waals surface area contributed by atoms with Gasteiger partial charge in [0, 0.05) is 13.1 Å². The van der Waals surface area contributed by atoms with Gasteiger partial charge in [-0.15, -0.1) is 0 Å². The average molecular weight is 352 g/mol. The summed E-state index contributed by atoms with van der Waals surface area (Å²) in [6, 6.07) is 0.375. The number of nitrogens with one attached hydrogen (secondary N) is 1. The van der Waals surface area contributed by atoms with Gasteiger partial charge in [0.25, 0.3) is 5.91 Å². The van der Waals surface area contributed by atoms with E-state index in [1.165, 1.54) is 32.1 Å². The summed E-state index contributed by atoms with van der Waals surface area (Å²) in [5.74, 6) is 3.26. The van der Waals surface area contributed by atoms with Crippen LogP contribution in [0, 0.1) is 30.6 Å². The molecule has 1 N–H and O–H groups in total. The van der Waals surface area contributed by atoms with Crippen molar-refractivity contribution in [3.05, 3.63) is 15.9 Å². The molecule has 4 nitrogen and oxygen atoms in total. The first-order valence-electron chi connectivity index (χ1n) is 8.03. The summed E-state index contributed by atoms with van der Waals surface area (Å²) in [6.07, 6.45) is 6.72. The molecule has 4 bridgehead atoms. The normalized spacial score (nSPS) is 37.0. The minimum absolute atomic E-state index is 0.0111. The Bertz CT molecular complexity index is 567. The van der Waals surface area contributed by atoms with Crippen molar-refractivity contribution >= 4 is 21.8 Å². The zero-order chi connectivity index (χ0) is 14.7. The molecule has 1 aromatic rings.